The van der Waals surface area contributed by atoms with Crippen LogP contribution in [0.4, 0.5) is 0 Å². The number of allylic oxidation sites excluding steroid dienone is 1. The lowest BCUT2D eigenvalue weighted by Crippen LogP contribution is -2.48. The number of piperidine rings is 1. The Balaban J connectivity index is 2.57. The fourth-order valence-corrected chi connectivity index (χ4v) is 3.98. The van der Waals surface area contributed by atoms with E-state index in [0.717, 1.165) is 32.2 Å². The predicted octanol–water partition coefficient (Wildman–Crippen LogP) is 1.06. The molecule has 112 valence electrons. The van der Waals surface area contributed by atoms with Crippen LogP contribution in [0.25, 0.3) is 0 Å². The van der Waals surface area contributed by atoms with Crippen LogP contribution in [0.2, 0.25) is 0 Å². The normalized spacial score (nSPS) is 21.7. The summed E-state index contributed by atoms with van der Waals surface area (Å²) in [6, 6.07) is 0. The summed E-state index contributed by atoms with van der Waals surface area (Å²) in [5, 5.41) is 3.13. The van der Waals surface area contributed by atoms with Crippen LogP contribution in [-0.2, 0) is 10.2 Å². The summed E-state index contributed by atoms with van der Waals surface area (Å²) in [6.07, 6.45) is 5.55. The highest BCUT2D eigenvalue weighted by atomic mass is 32.2. The third kappa shape index (κ3) is 4.87. The minimum Gasteiger partial charge on any atom is -0.319 e. The van der Waals surface area contributed by atoms with Crippen molar-refractivity contribution in [2.75, 3.05) is 40.3 Å². The van der Waals surface area contributed by atoms with Gasteiger partial charge < -0.3 is 5.32 Å². The Kier molecular flexibility index (Phi) is 6.99. The van der Waals surface area contributed by atoms with E-state index in [0.29, 0.717) is 25.6 Å². The van der Waals surface area contributed by atoms with Gasteiger partial charge in [0.1, 0.15) is 0 Å². The van der Waals surface area contributed by atoms with Crippen LogP contribution in [0.3, 0.4) is 0 Å². The molecule has 1 heterocycles. The van der Waals surface area contributed by atoms with Gasteiger partial charge in [-0.15, -0.1) is 6.58 Å². The fourth-order valence-electron chi connectivity index (χ4n) is 2.46. The van der Waals surface area contributed by atoms with Gasteiger partial charge in [-0.3, -0.25) is 0 Å². The van der Waals surface area contributed by atoms with Gasteiger partial charge in [0.15, 0.2) is 0 Å². The maximum Gasteiger partial charge on any atom is 0.281 e. The molecule has 1 unspecified atom stereocenters. The maximum absolute atomic E-state index is 12.4. The highest BCUT2D eigenvalue weighted by molar-refractivity contribution is 7.86. The highest BCUT2D eigenvalue weighted by Gasteiger charge is 2.31. The molecule has 0 aromatic rings. The van der Waals surface area contributed by atoms with Crippen LogP contribution in [0.15, 0.2) is 12.7 Å². The number of hydrogen-bond acceptors (Lipinski definition) is 3. The molecule has 0 bridgehead atoms. The SMILES string of the molecule is C=CCCCN(C)S(=O)(=O)N1CCCC(CNC)C1. The van der Waals surface area contributed by atoms with Gasteiger partial charge in [0, 0.05) is 26.7 Å². The summed E-state index contributed by atoms with van der Waals surface area (Å²) >= 11 is 0. The Labute approximate surface area is 117 Å². The molecule has 1 saturated heterocycles. The summed E-state index contributed by atoms with van der Waals surface area (Å²) in [4.78, 5) is 0. The molecule has 1 aliphatic heterocycles. The van der Waals surface area contributed by atoms with Gasteiger partial charge in [0.2, 0.25) is 0 Å². The van der Waals surface area contributed by atoms with Crippen LogP contribution in [-0.4, -0.2) is 57.3 Å². The molecule has 1 atom stereocenters. The molecule has 0 aromatic heterocycles. The van der Waals surface area contributed by atoms with Crippen molar-refractivity contribution in [2.45, 2.75) is 25.7 Å². The number of rotatable bonds is 8. The first-order chi connectivity index (χ1) is 9.02. The van der Waals surface area contributed by atoms with E-state index in [1.54, 1.807) is 11.4 Å². The third-order valence-electron chi connectivity index (χ3n) is 3.58. The minimum absolute atomic E-state index is 0.426. The molecule has 19 heavy (non-hydrogen) atoms. The Bertz CT molecular complexity index is 368. The van der Waals surface area contributed by atoms with Gasteiger partial charge in [0.25, 0.3) is 10.2 Å². The van der Waals surface area contributed by atoms with E-state index in [1.165, 1.54) is 4.31 Å². The zero-order valence-electron chi connectivity index (χ0n) is 12.1. The van der Waals surface area contributed by atoms with Gasteiger partial charge in [-0.25, -0.2) is 0 Å². The molecule has 0 radical (unpaired) electrons. The number of hydrogen-bond donors (Lipinski definition) is 1. The molecule has 0 aliphatic carbocycles. The quantitative estimate of drug-likeness (QED) is 0.537. The van der Waals surface area contributed by atoms with Crippen molar-refractivity contribution >= 4 is 10.2 Å². The van der Waals surface area contributed by atoms with Crippen LogP contribution in [0.5, 0.6) is 0 Å². The van der Waals surface area contributed by atoms with Gasteiger partial charge in [0.05, 0.1) is 0 Å². The molecule has 0 aromatic carbocycles. The summed E-state index contributed by atoms with van der Waals surface area (Å²) < 4.78 is 28.0. The van der Waals surface area contributed by atoms with Crippen molar-refractivity contribution in [3.05, 3.63) is 12.7 Å². The van der Waals surface area contributed by atoms with E-state index >= 15 is 0 Å². The van der Waals surface area contributed by atoms with Gasteiger partial charge in [-0.05, 0) is 45.2 Å². The van der Waals surface area contributed by atoms with Crippen LogP contribution in [0, 0.1) is 5.92 Å². The second-order valence-corrected chi connectivity index (χ2v) is 7.22. The molecular weight excluding hydrogens is 262 g/mol. The summed E-state index contributed by atoms with van der Waals surface area (Å²) in [5.74, 6) is 0.426. The molecule has 1 fully saturated rings. The summed E-state index contributed by atoms with van der Waals surface area (Å²) in [5.41, 5.74) is 0. The fraction of sp³-hybridized carbons (Fsp3) is 0.846. The summed E-state index contributed by atoms with van der Waals surface area (Å²) in [6.45, 7) is 6.37. The summed E-state index contributed by atoms with van der Waals surface area (Å²) in [7, 11) is 0.289. The van der Waals surface area contributed by atoms with E-state index in [4.69, 9.17) is 0 Å². The minimum atomic E-state index is -3.29. The predicted molar refractivity (Wildman–Crippen MR) is 79.2 cm³/mol. The van der Waals surface area contributed by atoms with E-state index in [2.05, 4.69) is 11.9 Å². The largest absolute Gasteiger partial charge is 0.319 e. The van der Waals surface area contributed by atoms with Crippen LogP contribution < -0.4 is 5.32 Å². The molecular formula is C13H27N3O2S. The molecule has 0 saturated carbocycles. The first kappa shape index (κ1) is 16.6. The van der Waals surface area contributed by atoms with Crippen LogP contribution >= 0.6 is 0 Å². The molecule has 1 rings (SSSR count). The first-order valence-corrected chi connectivity index (χ1v) is 8.39. The zero-order chi connectivity index (χ0) is 14.3. The number of unbranched alkanes of at least 4 members (excludes halogenated alkanes) is 1. The Hall–Kier alpha value is -0.430. The first-order valence-electron chi connectivity index (χ1n) is 6.99. The topological polar surface area (TPSA) is 52.7 Å². The number of nitrogens with one attached hydrogen (secondary N) is 1. The van der Waals surface area contributed by atoms with Crippen molar-refractivity contribution < 1.29 is 8.42 Å². The highest BCUT2D eigenvalue weighted by Crippen LogP contribution is 2.20. The average Bonchev–Trinajstić information content (AvgIpc) is 2.39. The van der Waals surface area contributed by atoms with E-state index in [-0.39, 0.29) is 0 Å². The van der Waals surface area contributed by atoms with E-state index in [1.807, 2.05) is 13.1 Å². The smallest absolute Gasteiger partial charge is 0.281 e. The molecule has 6 heteroatoms. The van der Waals surface area contributed by atoms with Crippen molar-refractivity contribution in [1.82, 2.24) is 13.9 Å². The third-order valence-corrected chi connectivity index (χ3v) is 5.53. The van der Waals surface area contributed by atoms with E-state index < -0.39 is 10.2 Å². The van der Waals surface area contributed by atoms with Crippen molar-refractivity contribution in [3.63, 3.8) is 0 Å². The van der Waals surface area contributed by atoms with Gasteiger partial charge in [-0.2, -0.15) is 17.0 Å². The second kappa shape index (κ2) is 7.99. The van der Waals surface area contributed by atoms with Gasteiger partial charge in [-0.1, -0.05) is 6.08 Å². The lowest BCUT2D eigenvalue weighted by molar-refractivity contribution is 0.249. The van der Waals surface area contributed by atoms with Crippen LogP contribution in [0.1, 0.15) is 25.7 Å². The molecule has 1 N–H and O–H groups in total. The molecule has 5 nitrogen and oxygen atoms in total. The molecule has 0 spiro atoms. The lowest BCUT2D eigenvalue weighted by Gasteiger charge is -2.34. The lowest BCUT2D eigenvalue weighted by atomic mass is 10.00. The second-order valence-electron chi connectivity index (χ2n) is 5.18. The molecule has 1 aliphatic rings. The maximum atomic E-state index is 12.4. The average molecular weight is 289 g/mol. The Morgan fingerprint density at radius 1 is 1.53 bits per heavy atom. The monoisotopic (exact) mass is 289 g/mol. The number of nitrogens with zero attached hydrogens (tertiary/aromatic N) is 2. The van der Waals surface area contributed by atoms with Crippen molar-refractivity contribution in [2.24, 2.45) is 5.92 Å². The standard InChI is InChI=1S/C13H27N3O2S/c1-4-5-6-9-15(3)19(17,18)16-10-7-8-13(12-16)11-14-2/h4,13-14H,1,5-12H2,2-3H3. The van der Waals surface area contributed by atoms with Crippen molar-refractivity contribution in [1.29, 1.82) is 0 Å². The van der Waals surface area contributed by atoms with E-state index in [9.17, 15) is 8.42 Å². The van der Waals surface area contributed by atoms with Crippen molar-refractivity contribution in [3.8, 4) is 0 Å². The zero-order valence-corrected chi connectivity index (χ0v) is 13.0. The Morgan fingerprint density at radius 3 is 2.89 bits per heavy atom. The van der Waals surface area contributed by atoms with Gasteiger partial charge >= 0.3 is 0 Å². The molecule has 0 amide bonds. The Morgan fingerprint density at radius 2 is 2.26 bits per heavy atom.